The Morgan fingerprint density at radius 2 is 2.06 bits per heavy atom. The fraction of sp³-hybridized carbons (Fsp3) is 0.440. The van der Waals surface area contributed by atoms with Gasteiger partial charge in [0, 0.05) is 28.9 Å². The van der Waals surface area contributed by atoms with Gasteiger partial charge in [-0.25, -0.2) is 0 Å². The lowest BCUT2D eigenvalue weighted by Gasteiger charge is -2.25. The number of Topliss-reactive ketones (excluding diaryl/α,β-unsaturated/α-hetero) is 2. The van der Waals surface area contributed by atoms with Crippen LogP contribution in [0.15, 0.2) is 23.6 Å². The summed E-state index contributed by atoms with van der Waals surface area (Å²) >= 11 is 7.03. The Bertz CT molecular complexity index is 1120. The van der Waals surface area contributed by atoms with Crippen LogP contribution >= 0.6 is 23.6 Å². The maximum absolute atomic E-state index is 13.0. The van der Waals surface area contributed by atoms with E-state index < -0.39 is 6.04 Å². The second-order valence-corrected chi connectivity index (χ2v) is 10.5. The summed E-state index contributed by atoms with van der Waals surface area (Å²) in [6.07, 6.45) is 1.57. The predicted octanol–water partition coefficient (Wildman–Crippen LogP) is 4.70. The van der Waals surface area contributed by atoms with Crippen LogP contribution in [0.5, 0.6) is 0 Å². The number of nitrogens with one attached hydrogen (secondary N) is 2. The SMILES string of the molecule is Cc1ccc(NC(=S)NCc2scc3c2CN([C@H]2CCCC(=O)CC2=O)C3=O)cc1C(C)C. The van der Waals surface area contributed by atoms with Crippen molar-refractivity contribution in [2.24, 2.45) is 0 Å². The Balaban J connectivity index is 1.40. The molecule has 1 aliphatic carbocycles. The molecule has 2 aliphatic rings. The molecule has 1 fully saturated rings. The number of fused-ring (bicyclic) bond motifs is 1. The molecule has 1 amide bonds. The normalized spacial score (nSPS) is 18.5. The Labute approximate surface area is 203 Å². The van der Waals surface area contributed by atoms with Gasteiger partial charge >= 0.3 is 0 Å². The van der Waals surface area contributed by atoms with Crippen molar-refractivity contribution < 1.29 is 14.4 Å². The van der Waals surface area contributed by atoms with E-state index in [1.54, 1.807) is 4.90 Å². The van der Waals surface area contributed by atoms with Crippen molar-refractivity contribution in [3.63, 3.8) is 0 Å². The minimum absolute atomic E-state index is 0.0247. The van der Waals surface area contributed by atoms with E-state index >= 15 is 0 Å². The molecule has 4 rings (SSSR count). The summed E-state index contributed by atoms with van der Waals surface area (Å²) in [5, 5.41) is 8.89. The zero-order valence-electron chi connectivity index (χ0n) is 19.2. The summed E-state index contributed by atoms with van der Waals surface area (Å²) in [6.45, 7) is 7.37. The second-order valence-electron chi connectivity index (χ2n) is 9.11. The van der Waals surface area contributed by atoms with Gasteiger partial charge in [-0.1, -0.05) is 19.9 Å². The minimum atomic E-state index is -0.499. The Morgan fingerprint density at radius 1 is 1.27 bits per heavy atom. The summed E-state index contributed by atoms with van der Waals surface area (Å²) in [4.78, 5) is 40.0. The van der Waals surface area contributed by atoms with Crippen LogP contribution < -0.4 is 10.6 Å². The van der Waals surface area contributed by atoms with E-state index in [0.717, 1.165) is 16.1 Å². The number of hydrogen-bond acceptors (Lipinski definition) is 5. The summed E-state index contributed by atoms with van der Waals surface area (Å²) in [7, 11) is 0. The molecule has 0 unspecified atom stereocenters. The molecule has 0 spiro atoms. The van der Waals surface area contributed by atoms with Crippen molar-refractivity contribution >= 4 is 51.8 Å². The lowest BCUT2D eigenvalue weighted by molar-refractivity contribution is -0.128. The van der Waals surface area contributed by atoms with Gasteiger partial charge in [0.1, 0.15) is 5.78 Å². The highest BCUT2D eigenvalue weighted by Crippen LogP contribution is 2.34. The molecule has 6 nitrogen and oxygen atoms in total. The first-order valence-corrected chi connectivity index (χ1v) is 12.6. The van der Waals surface area contributed by atoms with Crippen LogP contribution in [0.4, 0.5) is 5.69 Å². The summed E-state index contributed by atoms with van der Waals surface area (Å²) < 4.78 is 0. The van der Waals surface area contributed by atoms with Crippen molar-refractivity contribution in [2.75, 3.05) is 5.32 Å². The van der Waals surface area contributed by atoms with Crippen LogP contribution in [0.1, 0.15) is 77.4 Å². The van der Waals surface area contributed by atoms with E-state index in [9.17, 15) is 14.4 Å². The number of ketones is 2. The van der Waals surface area contributed by atoms with E-state index in [4.69, 9.17) is 12.2 Å². The number of thiocarbonyl (C=S) groups is 1. The highest BCUT2D eigenvalue weighted by molar-refractivity contribution is 7.80. The third kappa shape index (κ3) is 5.01. The zero-order valence-corrected chi connectivity index (χ0v) is 20.8. The van der Waals surface area contributed by atoms with Crippen LogP contribution in [0.2, 0.25) is 0 Å². The first-order valence-electron chi connectivity index (χ1n) is 11.3. The fourth-order valence-corrected chi connectivity index (χ4v) is 5.80. The van der Waals surface area contributed by atoms with E-state index in [1.807, 2.05) is 11.4 Å². The lowest BCUT2D eigenvalue weighted by atomic mass is 9.97. The molecule has 2 N–H and O–H groups in total. The molecular formula is C25H29N3O3S2. The van der Waals surface area contributed by atoms with Gasteiger partial charge < -0.3 is 15.5 Å². The highest BCUT2D eigenvalue weighted by atomic mass is 32.1. The number of hydrogen-bond donors (Lipinski definition) is 2. The molecule has 1 aliphatic heterocycles. The molecule has 0 radical (unpaired) electrons. The third-order valence-corrected chi connectivity index (χ3v) is 7.70. The number of nitrogens with zero attached hydrogens (tertiary/aromatic N) is 1. The molecule has 1 aromatic heterocycles. The number of carbonyl (C=O) groups excluding carboxylic acids is 3. The molecule has 1 aromatic carbocycles. The van der Waals surface area contributed by atoms with Crippen LogP contribution in [0, 0.1) is 6.92 Å². The van der Waals surface area contributed by atoms with Gasteiger partial charge in [0.05, 0.1) is 24.6 Å². The summed E-state index contributed by atoms with van der Waals surface area (Å²) in [5.74, 6) is 0.162. The van der Waals surface area contributed by atoms with E-state index in [0.29, 0.717) is 48.9 Å². The maximum atomic E-state index is 13.0. The first-order chi connectivity index (χ1) is 15.7. The number of benzene rings is 1. The van der Waals surface area contributed by atoms with Crippen LogP contribution in [-0.2, 0) is 22.7 Å². The first kappa shape index (κ1) is 23.6. The van der Waals surface area contributed by atoms with Crippen LogP contribution in [0.25, 0.3) is 0 Å². The number of amides is 1. The summed E-state index contributed by atoms with van der Waals surface area (Å²) in [6, 6.07) is 5.74. The number of carbonyl (C=O) groups is 3. The van der Waals surface area contributed by atoms with Crippen molar-refractivity contribution in [3.05, 3.63) is 50.7 Å². The minimum Gasteiger partial charge on any atom is -0.358 e. The fourth-order valence-electron chi connectivity index (χ4n) is 4.63. The number of rotatable bonds is 5. The molecular weight excluding hydrogens is 454 g/mol. The van der Waals surface area contributed by atoms with Gasteiger partial charge in [-0.2, -0.15) is 0 Å². The molecule has 2 aromatic rings. The standard InChI is InChI=1S/C25H29N3O3S2/c1-14(2)18-9-16(8-7-15(18)3)27-25(32)26-11-23-19-12-28(24(31)20(19)13-33-23)21-6-4-5-17(29)10-22(21)30/h7-9,13-14,21H,4-6,10-12H2,1-3H3,(H2,26,27,32)/t21-/m0/s1. The second kappa shape index (κ2) is 9.73. The largest absolute Gasteiger partial charge is 0.358 e. The molecule has 0 bridgehead atoms. The molecule has 174 valence electrons. The van der Waals surface area contributed by atoms with Crippen molar-refractivity contribution in [2.45, 2.75) is 71.5 Å². The van der Waals surface area contributed by atoms with Crippen LogP contribution in [-0.4, -0.2) is 33.5 Å². The zero-order chi connectivity index (χ0) is 23.7. The number of anilines is 1. The quantitative estimate of drug-likeness (QED) is 0.365. The van der Waals surface area contributed by atoms with Gasteiger partial charge in [0.15, 0.2) is 10.9 Å². The molecule has 1 atom stereocenters. The van der Waals surface area contributed by atoms with Crippen molar-refractivity contribution in [3.8, 4) is 0 Å². The highest BCUT2D eigenvalue weighted by Gasteiger charge is 2.39. The lowest BCUT2D eigenvalue weighted by Crippen LogP contribution is -2.41. The van der Waals surface area contributed by atoms with Gasteiger partial charge in [0.25, 0.3) is 5.91 Å². The Hall–Kier alpha value is -2.58. The predicted molar refractivity (Wildman–Crippen MR) is 135 cm³/mol. The van der Waals surface area contributed by atoms with Crippen molar-refractivity contribution in [1.82, 2.24) is 10.2 Å². The molecule has 33 heavy (non-hydrogen) atoms. The smallest absolute Gasteiger partial charge is 0.255 e. The van der Waals surface area contributed by atoms with Crippen LogP contribution in [0.3, 0.4) is 0 Å². The van der Waals surface area contributed by atoms with E-state index in [-0.39, 0.29) is 23.9 Å². The Kier molecular flexibility index (Phi) is 6.95. The molecule has 8 heteroatoms. The average Bonchev–Trinajstić information content (AvgIpc) is 3.25. The average molecular weight is 484 g/mol. The molecule has 1 saturated carbocycles. The maximum Gasteiger partial charge on any atom is 0.255 e. The van der Waals surface area contributed by atoms with E-state index in [2.05, 4.69) is 43.5 Å². The van der Waals surface area contributed by atoms with Gasteiger partial charge in [-0.05, 0) is 66.7 Å². The van der Waals surface area contributed by atoms with E-state index in [1.165, 1.54) is 22.5 Å². The van der Waals surface area contributed by atoms with Gasteiger partial charge in [-0.3, -0.25) is 14.4 Å². The van der Waals surface area contributed by atoms with Crippen molar-refractivity contribution in [1.29, 1.82) is 0 Å². The topological polar surface area (TPSA) is 78.5 Å². The number of aryl methyl sites for hydroxylation is 1. The molecule has 0 saturated heterocycles. The number of thiophene rings is 1. The summed E-state index contributed by atoms with van der Waals surface area (Å²) in [5.41, 5.74) is 5.11. The van der Waals surface area contributed by atoms with Gasteiger partial charge in [-0.15, -0.1) is 11.3 Å². The monoisotopic (exact) mass is 483 g/mol. The Morgan fingerprint density at radius 3 is 2.82 bits per heavy atom. The van der Waals surface area contributed by atoms with Gasteiger partial charge in [0.2, 0.25) is 0 Å². The molecule has 2 heterocycles. The third-order valence-electron chi connectivity index (χ3n) is 6.42.